The Labute approximate surface area is 188 Å². The molecule has 1 N–H and O–H groups in total. The summed E-state index contributed by atoms with van der Waals surface area (Å²) < 4.78 is 29.3. The van der Waals surface area contributed by atoms with Gasteiger partial charge in [0.25, 0.3) is 15.9 Å². The number of carbonyl (C=O) groups is 1. The number of hydrogen-bond donors (Lipinski definition) is 1. The number of likely N-dealkylation sites (tertiary alicyclic amines) is 1. The zero-order valence-electron chi connectivity index (χ0n) is 18.4. The number of aryl methyl sites for hydroxylation is 1. The molecular formula is C24H26N4O3S. The van der Waals surface area contributed by atoms with E-state index in [9.17, 15) is 13.2 Å². The molecule has 3 aromatic rings. The zero-order chi connectivity index (χ0) is 22.9. The van der Waals surface area contributed by atoms with Crippen LogP contribution in [-0.2, 0) is 16.4 Å². The average Bonchev–Trinajstić information content (AvgIpc) is 3.17. The van der Waals surface area contributed by atoms with E-state index >= 15 is 0 Å². The highest BCUT2D eigenvalue weighted by molar-refractivity contribution is 7.90. The second kappa shape index (κ2) is 8.70. The van der Waals surface area contributed by atoms with Crippen molar-refractivity contribution in [3.8, 4) is 0 Å². The van der Waals surface area contributed by atoms with Crippen LogP contribution in [0.5, 0.6) is 0 Å². The van der Waals surface area contributed by atoms with Gasteiger partial charge in [0.1, 0.15) is 5.84 Å². The molecule has 32 heavy (non-hydrogen) atoms. The third-order valence-electron chi connectivity index (χ3n) is 5.77. The van der Waals surface area contributed by atoms with Crippen molar-refractivity contribution in [2.45, 2.75) is 38.0 Å². The first-order chi connectivity index (χ1) is 15.3. The van der Waals surface area contributed by atoms with Crippen LogP contribution >= 0.6 is 0 Å². The van der Waals surface area contributed by atoms with Gasteiger partial charge < -0.3 is 10.2 Å². The summed E-state index contributed by atoms with van der Waals surface area (Å²) in [7, 11) is -1.95. The molecule has 1 aliphatic rings. The number of hydrogen-bond acceptors (Lipinski definition) is 4. The van der Waals surface area contributed by atoms with Crippen molar-refractivity contribution in [1.82, 2.24) is 9.88 Å². The minimum Gasteiger partial charge on any atom is -0.362 e. The summed E-state index contributed by atoms with van der Waals surface area (Å²) in [6, 6.07) is 13.7. The van der Waals surface area contributed by atoms with E-state index in [1.807, 2.05) is 50.1 Å². The van der Waals surface area contributed by atoms with Crippen LogP contribution in [0.2, 0.25) is 0 Å². The highest BCUT2D eigenvalue weighted by Gasteiger charge is 2.21. The highest BCUT2D eigenvalue weighted by Crippen LogP contribution is 2.25. The first kappa shape index (κ1) is 22.0. The molecule has 0 saturated carbocycles. The summed E-state index contributed by atoms with van der Waals surface area (Å²) in [5.41, 5.74) is 3.60. The molecule has 0 aliphatic carbocycles. The Morgan fingerprint density at radius 3 is 2.53 bits per heavy atom. The van der Waals surface area contributed by atoms with Crippen LogP contribution in [0.15, 0.2) is 57.8 Å². The second-order valence-electron chi connectivity index (χ2n) is 7.92. The third kappa shape index (κ3) is 4.23. The van der Waals surface area contributed by atoms with Crippen LogP contribution in [0.25, 0.3) is 10.9 Å². The molecule has 1 aromatic heterocycles. The smallest absolute Gasteiger partial charge is 0.283 e. The number of anilines is 1. The van der Waals surface area contributed by atoms with Gasteiger partial charge in [0, 0.05) is 36.8 Å². The molecule has 0 unspecified atom stereocenters. The monoisotopic (exact) mass is 450 g/mol. The van der Waals surface area contributed by atoms with Gasteiger partial charge in [-0.3, -0.25) is 9.78 Å². The van der Waals surface area contributed by atoms with E-state index in [4.69, 9.17) is 0 Å². The average molecular weight is 451 g/mol. The minimum atomic E-state index is -3.79. The fourth-order valence-corrected chi connectivity index (χ4v) is 5.09. The summed E-state index contributed by atoms with van der Waals surface area (Å²) in [6.45, 7) is 4.72. The molecule has 166 valence electrons. The lowest BCUT2D eigenvalue weighted by Gasteiger charge is -2.14. The zero-order valence-corrected chi connectivity index (χ0v) is 19.2. The number of nitrogens with zero attached hydrogens (tertiary/aromatic N) is 3. The van der Waals surface area contributed by atoms with Crippen molar-refractivity contribution in [2.75, 3.05) is 18.9 Å². The number of benzene rings is 2. The maximum Gasteiger partial charge on any atom is 0.283 e. The number of pyridine rings is 1. The highest BCUT2D eigenvalue weighted by atomic mass is 32.2. The molecule has 0 radical (unpaired) electrons. The molecule has 4 rings (SSSR count). The summed E-state index contributed by atoms with van der Waals surface area (Å²) in [6.07, 6.45) is 2.28. The Kier molecular flexibility index (Phi) is 5.97. The predicted molar refractivity (Wildman–Crippen MR) is 127 cm³/mol. The van der Waals surface area contributed by atoms with E-state index < -0.39 is 10.0 Å². The molecule has 0 atom stereocenters. The molecule has 1 amide bonds. The van der Waals surface area contributed by atoms with Crippen molar-refractivity contribution >= 4 is 38.4 Å². The standard InChI is InChI=1S/C24H26N4O3S/c1-4-20-16(2)23(19-8-5-6-9-21(19)26-20)24(29)25-17-11-13-18(14-12-17)32(30,31)27-22-10-7-15-28(22)3/h5-6,8-9,11-14H,4,7,10,15H2,1-3H3,(H,25,29)/b27-22-. The lowest BCUT2D eigenvalue weighted by Crippen LogP contribution is -2.20. The quantitative estimate of drug-likeness (QED) is 0.630. The number of aromatic nitrogens is 1. The summed E-state index contributed by atoms with van der Waals surface area (Å²) in [5, 5.41) is 3.68. The number of para-hydroxylation sites is 1. The van der Waals surface area contributed by atoms with Crippen molar-refractivity contribution in [3.05, 3.63) is 65.4 Å². The fraction of sp³-hybridized carbons (Fsp3) is 0.292. The maximum atomic E-state index is 13.2. The minimum absolute atomic E-state index is 0.0992. The van der Waals surface area contributed by atoms with Crippen molar-refractivity contribution in [1.29, 1.82) is 0 Å². The second-order valence-corrected chi connectivity index (χ2v) is 9.52. The van der Waals surface area contributed by atoms with E-state index in [2.05, 4.69) is 14.7 Å². The number of carbonyl (C=O) groups excluding carboxylic acids is 1. The molecule has 2 heterocycles. The van der Waals surface area contributed by atoms with Gasteiger partial charge in [-0.25, -0.2) is 0 Å². The molecular weight excluding hydrogens is 424 g/mol. The molecule has 7 nitrogen and oxygen atoms in total. The Hall–Kier alpha value is -3.26. The summed E-state index contributed by atoms with van der Waals surface area (Å²) in [4.78, 5) is 19.8. The first-order valence-electron chi connectivity index (χ1n) is 10.6. The van der Waals surface area contributed by atoms with Gasteiger partial charge in [0.15, 0.2) is 0 Å². The van der Waals surface area contributed by atoms with E-state index in [1.165, 1.54) is 12.1 Å². The Morgan fingerprint density at radius 2 is 1.88 bits per heavy atom. The van der Waals surface area contributed by atoms with Crippen molar-refractivity contribution in [2.24, 2.45) is 4.40 Å². The van der Waals surface area contributed by atoms with Crippen LogP contribution in [-0.4, -0.2) is 43.6 Å². The number of nitrogens with one attached hydrogen (secondary N) is 1. The van der Waals surface area contributed by atoms with Crippen molar-refractivity contribution < 1.29 is 13.2 Å². The fourth-order valence-electron chi connectivity index (χ4n) is 4.00. The van der Waals surface area contributed by atoms with Crippen LogP contribution in [0, 0.1) is 6.92 Å². The normalized spacial score (nSPS) is 15.5. The number of sulfonamides is 1. The summed E-state index contributed by atoms with van der Waals surface area (Å²) >= 11 is 0. The Bertz CT molecular complexity index is 1320. The molecule has 2 aromatic carbocycles. The van der Waals surface area contributed by atoms with Gasteiger partial charge >= 0.3 is 0 Å². The summed E-state index contributed by atoms with van der Waals surface area (Å²) in [5.74, 6) is 0.327. The molecule has 1 saturated heterocycles. The van der Waals surface area contributed by atoms with Gasteiger partial charge in [0.05, 0.1) is 16.0 Å². The van der Waals surface area contributed by atoms with Gasteiger partial charge in [-0.1, -0.05) is 25.1 Å². The van der Waals surface area contributed by atoms with E-state index in [1.54, 1.807) is 12.1 Å². The lowest BCUT2D eigenvalue weighted by molar-refractivity contribution is 0.102. The van der Waals surface area contributed by atoms with E-state index in [-0.39, 0.29) is 10.8 Å². The third-order valence-corrected chi connectivity index (χ3v) is 7.09. The van der Waals surface area contributed by atoms with Gasteiger partial charge in [-0.15, -0.1) is 4.40 Å². The largest absolute Gasteiger partial charge is 0.362 e. The topological polar surface area (TPSA) is 91.7 Å². The number of amides is 1. The number of rotatable bonds is 5. The Balaban J connectivity index is 1.61. The van der Waals surface area contributed by atoms with E-state index in [0.29, 0.717) is 23.5 Å². The maximum absolute atomic E-state index is 13.2. The molecule has 0 bridgehead atoms. The predicted octanol–water partition coefficient (Wildman–Crippen LogP) is 4.17. The van der Waals surface area contributed by atoms with Gasteiger partial charge in [0.2, 0.25) is 0 Å². The van der Waals surface area contributed by atoms with E-state index in [0.717, 1.165) is 41.5 Å². The van der Waals surface area contributed by atoms with Crippen LogP contribution in [0.4, 0.5) is 5.69 Å². The number of fused-ring (bicyclic) bond motifs is 1. The van der Waals surface area contributed by atoms with Gasteiger partial charge in [-0.05, 0) is 55.7 Å². The lowest BCUT2D eigenvalue weighted by atomic mass is 9.99. The van der Waals surface area contributed by atoms with Gasteiger partial charge in [-0.2, -0.15) is 8.42 Å². The number of amidine groups is 1. The molecule has 1 aliphatic heterocycles. The first-order valence-corrected chi connectivity index (χ1v) is 12.1. The van der Waals surface area contributed by atoms with Crippen LogP contribution < -0.4 is 5.32 Å². The Morgan fingerprint density at radius 1 is 1.16 bits per heavy atom. The molecule has 1 fully saturated rings. The SMILES string of the molecule is CCc1nc2ccccc2c(C(=O)Nc2ccc(S(=O)(=O)/N=C3/CCCN3C)cc2)c1C. The molecule has 0 spiro atoms. The van der Waals surface area contributed by atoms with Crippen LogP contribution in [0.3, 0.4) is 0 Å². The van der Waals surface area contributed by atoms with Crippen LogP contribution in [0.1, 0.15) is 41.4 Å². The molecule has 8 heteroatoms. The van der Waals surface area contributed by atoms with Crippen molar-refractivity contribution in [3.63, 3.8) is 0 Å².